The molecule has 2 aromatic rings. The van der Waals surface area contributed by atoms with Crippen LogP contribution in [0.4, 0.5) is 5.69 Å². The number of nitrogens with zero attached hydrogens (tertiary/aromatic N) is 3. The lowest BCUT2D eigenvalue weighted by atomic mass is 10.0. The van der Waals surface area contributed by atoms with Gasteiger partial charge in [0, 0.05) is 56.0 Å². The minimum atomic E-state index is 0.0807. The second-order valence-corrected chi connectivity index (χ2v) is 7.26. The molecular formula is C21H25N3O3. The summed E-state index contributed by atoms with van der Waals surface area (Å²) >= 11 is 0. The van der Waals surface area contributed by atoms with Gasteiger partial charge in [-0.3, -0.25) is 4.79 Å². The average Bonchev–Trinajstić information content (AvgIpc) is 3.28. The number of aromatic nitrogens is 1. The van der Waals surface area contributed by atoms with Crippen molar-refractivity contribution in [1.29, 1.82) is 0 Å². The third-order valence-corrected chi connectivity index (χ3v) is 5.46. The summed E-state index contributed by atoms with van der Waals surface area (Å²) in [5, 5.41) is 0. The van der Waals surface area contributed by atoms with Crippen LogP contribution < -0.4 is 9.64 Å². The van der Waals surface area contributed by atoms with Gasteiger partial charge in [-0.05, 0) is 23.8 Å². The Labute approximate surface area is 159 Å². The Balaban J connectivity index is 1.22. The molecule has 6 nitrogen and oxygen atoms in total. The molecule has 2 unspecified atom stereocenters. The maximum atomic E-state index is 12.5. The molecule has 4 rings (SSSR count). The maximum absolute atomic E-state index is 12.5. The second-order valence-electron chi connectivity index (χ2n) is 7.26. The minimum Gasteiger partial charge on any atom is -0.481 e. The standard InChI is InChI=1S/C21H25N3O3/c1-26-20-8-7-16(9-22-20)14-27-15-21(25)24-12-17-10-23(11-18(17)13-24)19-5-3-2-4-6-19/h2-9,17-18H,10-15H2,1H3. The zero-order chi connectivity index (χ0) is 18.6. The van der Waals surface area contributed by atoms with Gasteiger partial charge in [-0.1, -0.05) is 18.2 Å². The molecule has 0 N–H and O–H groups in total. The molecule has 3 heterocycles. The minimum absolute atomic E-state index is 0.0807. The van der Waals surface area contributed by atoms with Crippen molar-refractivity contribution in [3.63, 3.8) is 0 Å². The van der Waals surface area contributed by atoms with Gasteiger partial charge >= 0.3 is 0 Å². The zero-order valence-electron chi connectivity index (χ0n) is 15.6. The molecule has 2 aliphatic heterocycles. The lowest BCUT2D eigenvalue weighted by molar-refractivity contribution is -0.135. The number of carbonyl (C=O) groups excluding carboxylic acids is 1. The van der Waals surface area contributed by atoms with E-state index < -0.39 is 0 Å². The molecule has 1 amide bonds. The van der Waals surface area contributed by atoms with Crippen molar-refractivity contribution in [3.8, 4) is 5.88 Å². The summed E-state index contributed by atoms with van der Waals surface area (Å²) in [7, 11) is 1.58. The number of anilines is 1. The number of amides is 1. The van der Waals surface area contributed by atoms with Crippen molar-refractivity contribution in [3.05, 3.63) is 54.2 Å². The summed E-state index contributed by atoms with van der Waals surface area (Å²) in [6, 6.07) is 14.2. The van der Waals surface area contributed by atoms with Crippen LogP contribution in [0.1, 0.15) is 5.56 Å². The van der Waals surface area contributed by atoms with Gasteiger partial charge in [-0.15, -0.1) is 0 Å². The van der Waals surface area contributed by atoms with Crippen LogP contribution in [0.2, 0.25) is 0 Å². The highest BCUT2D eigenvalue weighted by atomic mass is 16.5. The molecule has 1 aromatic carbocycles. The van der Waals surface area contributed by atoms with Crippen molar-refractivity contribution in [1.82, 2.24) is 9.88 Å². The fourth-order valence-corrected chi connectivity index (χ4v) is 4.01. The van der Waals surface area contributed by atoms with Gasteiger partial charge in [-0.2, -0.15) is 0 Å². The lowest BCUT2D eigenvalue weighted by Gasteiger charge is -2.23. The molecule has 0 spiro atoms. The number of hydrogen-bond acceptors (Lipinski definition) is 5. The quantitative estimate of drug-likeness (QED) is 0.784. The van der Waals surface area contributed by atoms with Gasteiger partial charge in [0.15, 0.2) is 0 Å². The normalized spacial score (nSPS) is 21.4. The number of likely N-dealkylation sites (tertiary alicyclic amines) is 1. The van der Waals surface area contributed by atoms with Crippen LogP contribution >= 0.6 is 0 Å². The molecule has 2 aliphatic rings. The van der Waals surface area contributed by atoms with Crippen molar-refractivity contribution < 1.29 is 14.3 Å². The number of benzene rings is 1. The van der Waals surface area contributed by atoms with E-state index in [9.17, 15) is 4.79 Å². The van der Waals surface area contributed by atoms with E-state index in [-0.39, 0.29) is 12.5 Å². The summed E-state index contributed by atoms with van der Waals surface area (Å²) in [6.07, 6.45) is 1.71. The van der Waals surface area contributed by atoms with Gasteiger partial charge < -0.3 is 19.3 Å². The monoisotopic (exact) mass is 367 g/mol. The molecule has 0 bridgehead atoms. The highest BCUT2D eigenvalue weighted by Gasteiger charge is 2.41. The van der Waals surface area contributed by atoms with E-state index in [2.05, 4.69) is 34.1 Å². The maximum Gasteiger partial charge on any atom is 0.248 e. The smallest absolute Gasteiger partial charge is 0.248 e. The summed E-state index contributed by atoms with van der Waals surface area (Å²) in [6.45, 7) is 4.22. The molecule has 0 aliphatic carbocycles. The first-order valence-corrected chi connectivity index (χ1v) is 9.37. The molecular weight excluding hydrogens is 342 g/mol. The molecule has 6 heteroatoms. The Bertz CT molecular complexity index is 752. The Morgan fingerprint density at radius 1 is 1.07 bits per heavy atom. The number of pyridine rings is 1. The summed E-state index contributed by atoms with van der Waals surface area (Å²) in [5.74, 6) is 1.76. The van der Waals surface area contributed by atoms with E-state index >= 15 is 0 Å². The van der Waals surface area contributed by atoms with Gasteiger partial charge in [0.05, 0.1) is 13.7 Å². The highest BCUT2D eigenvalue weighted by molar-refractivity contribution is 5.77. The molecule has 0 radical (unpaired) electrons. The summed E-state index contributed by atoms with van der Waals surface area (Å²) < 4.78 is 10.6. The van der Waals surface area contributed by atoms with E-state index in [1.165, 1.54) is 5.69 Å². The summed E-state index contributed by atoms with van der Waals surface area (Å²) in [5.41, 5.74) is 2.21. The van der Waals surface area contributed by atoms with Crippen LogP contribution in [0.5, 0.6) is 5.88 Å². The Hall–Kier alpha value is -2.60. The average molecular weight is 367 g/mol. The SMILES string of the molecule is COc1ccc(COCC(=O)N2CC3CN(c4ccccc4)CC3C2)cn1. The molecule has 2 saturated heterocycles. The first kappa shape index (κ1) is 17.8. The van der Waals surface area contributed by atoms with Gasteiger partial charge in [0.25, 0.3) is 0 Å². The second kappa shape index (κ2) is 7.96. The van der Waals surface area contributed by atoms with Crippen molar-refractivity contribution in [2.45, 2.75) is 6.61 Å². The van der Waals surface area contributed by atoms with E-state index in [4.69, 9.17) is 9.47 Å². The first-order valence-electron chi connectivity index (χ1n) is 9.37. The first-order chi connectivity index (χ1) is 13.2. The number of para-hydroxylation sites is 1. The lowest BCUT2D eigenvalue weighted by Crippen LogP contribution is -2.35. The van der Waals surface area contributed by atoms with Gasteiger partial charge in [-0.25, -0.2) is 4.98 Å². The van der Waals surface area contributed by atoms with E-state index in [0.717, 1.165) is 31.7 Å². The topological polar surface area (TPSA) is 54.9 Å². The highest BCUT2D eigenvalue weighted by Crippen LogP contribution is 2.33. The van der Waals surface area contributed by atoms with Crippen LogP contribution in [0, 0.1) is 11.8 Å². The molecule has 142 valence electrons. The number of hydrogen-bond donors (Lipinski definition) is 0. The third kappa shape index (κ3) is 4.06. The molecule has 2 atom stereocenters. The largest absolute Gasteiger partial charge is 0.481 e. The van der Waals surface area contributed by atoms with Crippen molar-refractivity contribution in [2.75, 3.05) is 44.8 Å². The van der Waals surface area contributed by atoms with Crippen molar-refractivity contribution >= 4 is 11.6 Å². The fraction of sp³-hybridized carbons (Fsp3) is 0.429. The number of methoxy groups -OCH3 is 1. The number of ether oxygens (including phenoxy) is 2. The zero-order valence-corrected chi connectivity index (χ0v) is 15.6. The van der Waals surface area contributed by atoms with Crippen LogP contribution in [0.15, 0.2) is 48.7 Å². The van der Waals surface area contributed by atoms with Crippen LogP contribution in [0.3, 0.4) is 0 Å². The Morgan fingerprint density at radius 2 is 1.81 bits per heavy atom. The predicted octanol–water partition coefficient (Wildman–Crippen LogP) is 2.20. The molecule has 27 heavy (non-hydrogen) atoms. The molecule has 0 saturated carbocycles. The predicted molar refractivity (Wildman–Crippen MR) is 103 cm³/mol. The number of rotatable bonds is 6. The molecule has 2 fully saturated rings. The van der Waals surface area contributed by atoms with Gasteiger partial charge in [0.2, 0.25) is 11.8 Å². The third-order valence-electron chi connectivity index (χ3n) is 5.46. The fourth-order valence-electron chi connectivity index (χ4n) is 4.01. The van der Waals surface area contributed by atoms with Crippen LogP contribution in [-0.4, -0.2) is 55.7 Å². The van der Waals surface area contributed by atoms with Crippen LogP contribution in [-0.2, 0) is 16.1 Å². The van der Waals surface area contributed by atoms with Crippen LogP contribution in [0.25, 0.3) is 0 Å². The van der Waals surface area contributed by atoms with Crippen molar-refractivity contribution in [2.24, 2.45) is 11.8 Å². The van der Waals surface area contributed by atoms with E-state index in [0.29, 0.717) is 24.3 Å². The summed E-state index contributed by atoms with van der Waals surface area (Å²) in [4.78, 5) is 21.0. The number of carbonyl (C=O) groups is 1. The Morgan fingerprint density at radius 3 is 2.44 bits per heavy atom. The Kier molecular flexibility index (Phi) is 5.25. The molecule has 1 aromatic heterocycles. The van der Waals surface area contributed by atoms with E-state index in [1.54, 1.807) is 19.4 Å². The number of fused-ring (bicyclic) bond motifs is 1. The van der Waals surface area contributed by atoms with E-state index in [1.807, 2.05) is 17.0 Å². The van der Waals surface area contributed by atoms with Gasteiger partial charge in [0.1, 0.15) is 6.61 Å².